The van der Waals surface area contributed by atoms with Crippen molar-refractivity contribution in [1.29, 1.82) is 0 Å². The number of carbonyl (C=O) groups is 1. The minimum Gasteiger partial charge on any atom is -0.382 e. The number of carbonyl (C=O) groups excluding carboxylic acids is 1. The number of hydrogen-bond acceptors (Lipinski definition) is 3. The quantitative estimate of drug-likeness (QED) is 0.900. The first-order valence-corrected chi connectivity index (χ1v) is 6.72. The van der Waals surface area contributed by atoms with E-state index in [1.165, 1.54) is 0 Å². The van der Waals surface area contributed by atoms with E-state index in [-0.39, 0.29) is 5.91 Å². The van der Waals surface area contributed by atoms with E-state index in [2.05, 4.69) is 15.6 Å². The molecule has 0 radical (unpaired) electrons. The van der Waals surface area contributed by atoms with Crippen LogP contribution in [0.2, 0.25) is 5.02 Å². The third kappa shape index (κ3) is 3.96. The smallest absolute Gasteiger partial charge is 0.274 e. The molecule has 0 aliphatic heterocycles. The number of benzene rings is 1. The SMILES string of the molecule is CC(C)Nc1ccc(C(=O)Nc2ccc(Cl)cc2)nc1. The Balaban J connectivity index is 2.03. The average molecular weight is 290 g/mol. The highest BCUT2D eigenvalue weighted by atomic mass is 35.5. The van der Waals surface area contributed by atoms with Crippen molar-refractivity contribution >= 4 is 28.9 Å². The molecule has 0 bridgehead atoms. The number of nitrogens with zero attached hydrogens (tertiary/aromatic N) is 1. The average Bonchev–Trinajstić information content (AvgIpc) is 2.41. The predicted octanol–water partition coefficient (Wildman–Crippen LogP) is 3.81. The van der Waals surface area contributed by atoms with Crippen molar-refractivity contribution in [2.45, 2.75) is 19.9 Å². The molecule has 0 unspecified atom stereocenters. The molecule has 2 rings (SSSR count). The molecular formula is C15H16ClN3O. The third-order valence-electron chi connectivity index (χ3n) is 2.55. The standard InChI is InChI=1S/C15H16ClN3O/c1-10(2)18-13-7-8-14(17-9-13)15(20)19-12-5-3-11(16)4-6-12/h3-10,18H,1-2H3,(H,19,20). The zero-order valence-corrected chi connectivity index (χ0v) is 12.1. The molecule has 0 fully saturated rings. The molecule has 104 valence electrons. The minimum atomic E-state index is -0.247. The highest BCUT2D eigenvalue weighted by Gasteiger charge is 2.07. The first-order chi connectivity index (χ1) is 9.54. The summed E-state index contributed by atoms with van der Waals surface area (Å²) < 4.78 is 0. The van der Waals surface area contributed by atoms with Crippen LogP contribution < -0.4 is 10.6 Å². The van der Waals surface area contributed by atoms with Gasteiger partial charge >= 0.3 is 0 Å². The van der Waals surface area contributed by atoms with Crippen LogP contribution in [-0.2, 0) is 0 Å². The Morgan fingerprint density at radius 1 is 1.10 bits per heavy atom. The van der Waals surface area contributed by atoms with Gasteiger partial charge in [-0.3, -0.25) is 4.79 Å². The summed E-state index contributed by atoms with van der Waals surface area (Å²) in [4.78, 5) is 16.2. The van der Waals surface area contributed by atoms with Gasteiger partial charge in [0.15, 0.2) is 0 Å². The molecule has 0 aliphatic carbocycles. The Kier molecular flexibility index (Phi) is 4.58. The van der Waals surface area contributed by atoms with E-state index < -0.39 is 0 Å². The predicted molar refractivity (Wildman–Crippen MR) is 82.4 cm³/mol. The van der Waals surface area contributed by atoms with E-state index >= 15 is 0 Å². The molecule has 1 heterocycles. The van der Waals surface area contributed by atoms with E-state index in [4.69, 9.17) is 11.6 Å². The molecule has 1 aromatic carbocycles. The van der Waals surface area contributed by atoms with Gasteiger partial charge in [-0.1, -0.05) is 11.6 Å². The lowest BCUT2D eigenvalue weighted by Crippen LogP contribution is -2.14. The molecule has 0 saturated heterocycles. The summed E-state index contributed by atoms with van der Waals surface area (Å²) in [6.45, 7) is 4.09. The molecule has 0 spiro atoms. The molecule has 0 atom stereocenters. The van der Waals surface area contributed by atoms with Crippen LogP contribution in [0.1, 0.15) is 24.3 Å². The first kappa shape index (κ1) is 14.3. The second-order valence-corrected chi connectivity index (χ2v) is 5.13. The molecule has 1 aromatic heterocycles. The number of aromatic nitrogens is 1. The van der Waals surface area contributed by atoms with Crippen molar-refractivity contribution in [3.63, 3.8) is 0 Å². The lowest BCUT2D eigenvalue weighted by atomic mass is 10.2. The largest absolute Gasteiger partial charge is 0.382 e. The monoisotopic (exact) mass is 289 g/mol. The fraction of sp³-hybridized carbons (Fsp3) is 0.200. The van der Waals surface area contributed by atoms with Gasteiger partial charge in [-0.15, -0.1) is 0 Å². The highest BCUT2D eigenvalue weighted by molar-refractivity contribution is 6.30. The Morgan fingerprint density at radius 2 is 1.75 bits per heavy atom. The Labute approximate surface area is 123 Å². The van der Waals surface area contributed by atoms with Gasteiger partial charge < -0.3 is 10.6 Å². The van der Waals surface area contributed by atoms with Crippen LogP contribution in [0.25, 0.3) is 0 Å². The van der Waals surface area contributed by atoms with Crippen molar-refractivity contribution in [3.05, 3.63) is 53.3 Å². The molecule has 0 aliphatic rings. The molecular weight excluding hydrogens is 274 g/mol. The molecule has 1 amide bonds. The normalized spacial score (nSPS) is 10.4. The number of hydrogen-bond donors (Lipinski definition) is 2. The van der Waals surface area contributed by atoms with E-state index in [9.17, 15) is 4.79 Å². The maximum absolute atomic E-state index is 12.0. The molecule has 2 aromatic rings. The Morgan fingerprint density at radius 3 is 2.30 bits per heavy atom. The zero-order chi connectivity index (χ0) is 14.5. The van der Waals surface area contributed by atoms with Gasteiger partial charge in [-0.05, 0) is 50.2 Å². The summed E-state index contributed by atoms with van der Waals surface area (Å²) in [5, 5.41) is 6.61. The van der Waals surface area contributed by atoms with Gasteiger partial charge in [0.25, 0.3) is 5.91 Å². The van der Waals surface area contributed by atoms with E-state index in [1.807, 2.05) is 19.9 Å². The summed E-state index contributed by atoms with van der Waals surface area (Å²) in [7, 11) is 0. The van der Waals surface area contributed by atoms with Gasteiger partial charge in [0, 0.05) is 16.8 Å². The summed E-state index contributed by atoms with van der Waals surface area (Å²) in [5.41, 5.74) is 1.95. The molecule has 2 N–H and O–H groups in total. The van der Waals surface area contributed by atoms with Crippen molar-refractivity contribution in [2.75, 3.05) is 10.6 Å². The zero-order valence-electron chi connectivity index (χ0n) is 11.4. The number of anilines is 2. The summed E-state index contributed by atoms with van der Waals surface area (Å²) in [6, 6.07) is 10.8. The van der Waals surface area contributed by atoms with Crippen LogP contribution in [0, 0.1) is 0 Å². The second kappa shape index (κ2) is 6.39. The van der Waals surface area contributed by atoms with Gasteiger partial charge in [0.05, 0.1) is 11.9 Å². The van der Waals surface area contributed by atoms with E-state index in [1.54, 1.807) is 36.5 Å². The second-order valence-electron chi connectivity index (χ2n) is 4.69. The van der Waals surface area contributed by atoms with Crippen molar-refractivity contribution in [3.8, 4) is 0 Å². The van der Waals surface area contributed by atoms with Gasteiger partial charge in [-0.2, -0.15) is 0 Å². The number of amides is 1. The van der Waals surface area contributed by atoms with Crippen LogP contribution >= 0.6 is 11.6 Å². The maximum Gasteiger partial charge on any atom is 0.274 e. The Bertz CT molecular complexity index is 579. The molecule has 20 heavy (non-hydrogen) atoms. The fourth-order valence-corrected chi connectivity index (χ4v) is 1.80. The number of pyridine rings is 1. The number of halogens is 1. The fourth-order valence-electron chi connectivity index (χ4n) is 1.68. The lowest BCUT2D eigenvalue weighted by Gasteiger charge is -2.10. The van der Waals surface area contributed by atoms with Gasteiger partial charge in [0.2, 0.25) is 0 Å². The minimum absolute atomic E-state index is 0.247. The van der Waals surface area contributed by atoms with Crippen LogP contribution in [0.3, 0.4) is 0 Å². The molecule has 0 saturated carbocycles. The summed E-state index contributed by atoms with van der Waals surface area (Å²) in [5.74, 6) is -0.247. The van der Waals surface area contributed by atoms with Crippen molar-refractivity contribution < 1.29 is 4.79 Å². The van der Waals surface area contributed by atoms with E-state index in [0.29, 0.717) is 22.4 Å². The van der Waals surface area contributed by atoms with E-state index in [0.717, 1.165) is 5.69 Å². The maximum atomic E-state index is 12.0. The number of nitrogens with one attached hydrogen (secondary N) is 2. The summed E-state index contributed by atoms with van der Waals surface area (Å²) >= 11 is 5.79. The molecule has 5 heteroatoms. The Hall–Kier alpha value is -2.07. The highest BCUT2D eigenvalue weighted by Crippen LogP contribution is 2.14. The van der Waals surface area contributed by atoms with Crippen molar-refractivity contribution in [1.82, 2.24) is 4.98 Å². The van der Waals surface area contributed by atoms with Crippen LogP contribution in [0.4, 0.5) is 11.4 Å². The number of rotatable bonds is 4. The van der Waals surface area contributed by atoms with Gasteiger partial charge in [-0.25, -0.2) is 4.98 Å². The third-order valence-corrected chi connectivity index (χ3v) is 2.81. The first-order valence-electron chi connectivity index (χ1n) is 6.34. The molecule has 4 nitrogen and oxygen atoms in total. The van der Waals surface area contributed by atoms with Gasteiger partial charge in [0.1, 0.15) is 5.69 Å². The van der Waals surface area contributed by atoms with Crippen LogP contribution in [0.5, 0.6) is 0 Å². The lowest BCUT2D eigenvalue weighted by molar-refractivity contribution is 0.102. The van der Waals surface area contributed by atoms with Crippen molar-refractivity contribution in [2.24, 2.45) is 0 Å². The van der Waals surface area contributed by atoms with Crippen LogP contribution in [-0.4, -0.2) is 16.9 Å². The topological polar surface area (TPSA) is 54.0 Å². The summed E-state index contributed by atoms with van der Waals surface area (Å²) in [6.07, 6.45) is 1.65. The van der Waals surface area contributed by atoms with Crippen LogP contribution in [0.15, 0.2) is 42.6 Å².